The summed E-state index contributed by atoms with van der Waals surface area (Å²) in [5, 5.41) is 12.0. The summed E-state index contributed by atoms with van der Waals surface area (Å²) in [4.78, 5) is 12.7. The maximum absolute atomic E-state index is 8.75. The monoisotopic (exact) mass is 261 g/mol. The molecule has 0 atom stereocenters. The number of benzene rings is 1. The highest BCUT2D eigenvalue weighted by atomic mass is 15.0. The van der Waals surface area contributed by atoms with Gasteiger partial charge in [0, 0.05) is 18.9 Å². The first-order chi connectivity index (χ1) is 9.85. The highest BCUT2D eigenvalue weighted by Crippen LogP contribution is 2.11. The summed E-state index contributed by atoms with van der Waals surface area (Å²) in [6, 6.07) is 13.3. The van der Waals surface area contributed by atoms with Crippen molar-refractivity contribution in [1.82, 2.24) is 15.0 Å². The van der Waals surface area contributed by atoms with Gasteiger partial charge >= 0.3 is 0 Å². The molecule has 0 amide bonds. The largest absolute Gasteiger partial charge is 0.366 e. The summed E-state index contributed by atoms with van der Waals surface area (Å²) < 4.78 is 0. The van der Waals surface area contributed by atoms with Crippen LogP contribution in [0.1, 0.15) is 11.1 Å². The number of hydrogen-bond acceptors (Lipinski definition) is 5. The minimum Gasteiger partial charge on any atom is -0.366 e. The van der Waals surface area contributed by atoms with Crippen molar-refractivity contribution in [3.63, 3.8) is 0 Å². The summed E-state index contributed by atoms with van der Waals surface area (Å²) in [7, 11) is 0. The highest BCUT2D eigenvalue weighted by molar-refractivity contribution is 5.71. The minimum absolute atomic E-state index is 0.623. The second kappa shape index (κ2) is 5.33. The lowest BCUT2D eigenvalue weighted by Crippen LogP contribution is -2.02. The molecule has 3 rings (SSSR count). The third-order valence-corrected chi connectivity index (χ3v) is 2.89. The molecule has 0 fully saturated rings. The second-order valence-corrected chi connectivity index (χ2v) is 4.26. The maximum atomic E-state index is 8.75. The third kappa shape index (κ3) is 2.54. The molecule has 1 aromatic carbocycles. The molecule has 0 radical (unpaired) electrons. The van der Waals surface area contributed by atoms with Crippen LogP contribution in [-0.4, -0.2) is 15.0 Å². The van der Waals surface area contributed by atoms with Crippen molar-refractivity contribution in [2.45, 2.75) is 6.54 Å². The van der Waals surface area contributed by atoms with Gasteiger partial charge in [-0.15, -0.1) is 0 Å². The van der Waals surface area contributed by atoms with Gasteiger partial charge in [0.2, 0.25) is 0 Å². The quantitative estimate of drug-likeness (QED) is 0.784. The maximum Gasteiger partial charge on any atom is 0.180 e. The molecule has 5 nitrogen and oxygen atoms in total. The molecule has 5 heteroatoms. The molecule has 2 heterocycles. The van der Waals surface area contributed by atoms with E-state index in [9.17, 15) is 0 Å². The fraction of sp³-hybridized carbons (Fsp3) is 0.0667. The molecule has 3 aromatic rings. The van der Waals surface area contributed by atoms with E-state index in [1.165, 1.54) is 0 Å². The van der Waals surface area contributed by atoms with Crippen LogP contribution >= 0.6 is 0 Å². The van der Waals surface area contributed by atoms with E-state index in [1.807, 2.05) is 24.3 Å². The number of hydrogen-bond donors (Lipinski definition) is 1. The van der Waals surface area contributed by atoms with Gasteiger partial charge in [0.25, 0.3) is 0 Å². The average Bonchev–Trinajstić information content (AvgIpc) is 2.53. The van der Waals surface area contributed by atoms with E-state index in [1.54, 1.807) is 24.5 Å². The summed E-state index contributed by atoms with van der Waals surface area (Å²) in [6.07, 6.45) is 3.27. The van der Waals surface area contributed by atoms with Crippen molar-refractivity contribution in [3.8, 4) is 6.07 Å². The molecule has 0 saturated heterocycles. The minimum atomic E-state index is 0.623. The number of nitrogens with one attached hydrogen (secondary N) is 1. The van der Waals surface area contributed by atoms with Gasteiger partial charge in [-0.25, -0.2) is 9.97 Å². The van der Waals surface area contributed by atoms with Gasteiger partial charge in [-0.2, -0.15) is 5.26 Å². The van der Waals surface area contributed by atoms with Crippen LogP contribution in [0.2, 0.25) is 0 Å². The van der Waals surface area contributed by atoms with Crippen LogP contribution in [0.4, 0.5) is 5.82 Å². The molecule has 0 aliphatic heterocycles. The first kappa shape index (κ1) is 12.1. The Kier molecular flexibility index (Phi) is 3.21. The molecule has 0 saturated carbocycles. The van der Waals surface area contributed by atoms with Gasteiger partial charge in [0.15, 0.2) is 5.65 Å². The van der Waals surface area contributed by atoms with Gasteiger partial charge in [0.05, 0.1) is 11.6 Å². The summed E-state index contributed by atoms with van der Waals surface area (Å²) in [5.74, 6) is 0.752. The Hall–Kier alpha value is -3.00. The van der Waals surface area contributed by atoms with Crippen molar-refractivity contribution in [3.05, 3.63) is 59.9 Å². The van der Waals surface area contributed by atoms with E-state index >= 15 is 0 Å². The van der Waals surface area contributed by atoms with Crippen molar-refractivity contribution >= 4 is 17.0 Å². The molecular formula is C15H11N5. The predicted molar refractivity (Wildman–Crippen MR) is 75.8 cm³/mol. The van der Waals surface area contributed by atoms with Gasteiger partial charge in [-0.05, 0) is 29.8 Å². The first-order valence-corrected chi connectivity index (χ1v) is 6.16. The van der Waals surface area contributed by atoms with Crippen molar-refractivity contribution in [2.75, 3.05) is 5.32 Å². The van der Waals surface area contributed by atoms with E-state index in [-0.39, 0.29) is 0 Å². The van der Waals surface area contributed by atoms with Crippen LogP contribution < -0.4 is 5.32 Å². The number of pyridine rings is 1. The van der Waals surface area contributed by atoms with Gasteiger partial charge < -0.3 is 5.32 Å². The molecule has 0 unspecified atom stereocenters. The molecule has 20 heavy (non-hydrogen) atoms. The number of aromatic nitrogens is 3. The lowest BCUT2D eigenvalue weighted by molar-refractivity contribution is 1.11. The molecule has 1 N–H and O–H groups in total. The molecule has 2 aromatic heterocycles. The van der Waals surface area contributed by atoms with Crippen LogP contribution in [0, 0.1) is 11.3 Å². The Balaban J connectivity index is 1.74. The molecule has 0 aliphatic rings. The second-order valence-electron chi connectivity index (χ2n) is 4.26. The Morgan fingerprint density at radius 3 is 2.60 bits per heavy atom. The highest BCUT2D eigenvalue weighted by Gasteiger charge is 2.00. The van der Waals surface area contributed by atoms with Gasteiger partial charge in [-0.3, -0.25) is 4.98 Å². The summed E-state index contributed by atoms with van der Waals surface area (Å²) in [5.41, 5.74) is 3.15. The molecule has 96 valence electrons. The van der Waals surface area contributed by atoms with E-state index in [0.29, 0.717) is 17.8 Å². The number of nitrogens with zero attached hydrogens (tertiary/aromatic N) is 4. The normalized spacial score (nSPS) is 10.2. The van der Waals surface area contributed by atoms with Crippen molar-refractivity contribution in [1.29, 1.82) is 5.26 Å². The SMILES string of the molecule is N#Cc1ccc(CNc2ccc3nccnc3n2)cc1. The Bertz CT molecular complexity index is 774. The lowest BCUT2D eigenvalue weighted by Gasteiger charge is -2.06. The smallest absolute Gasteiger partial charge is 0.180 e. The first-order valence-electron chi connectivity index (χ1n) is 6.16. The summed E-state index contributed by atoms with van der Waals surface area (Å²) >= 11 is 0. The van der Waals surface area contributed by atoms with Crippen LogP contribution in [0.5, 0.6) is 0 Å². The molecule has 0 aliphatic carbocycles. The van der Waals surface area contributed by atoms with Crippen LogP contribution in [0.3, 0.4) is 0 Å². The lowest BCUT2D eigenvalue weighted by atomic mass is 10.1. The van der Waals surface area contributed by atoms with E-state index in [0.717, 1.165) is 16.9 Å². The zero-order valence-corrected chi connectivity index (χ0v) is 10.6. The van der Waals surface area contributed by atoms with E-state index in [2.05, 4.69) is 26.3 Å². The fourth-order valence-corrected chi connectivity index (χ4v) is 1.84. The Labute approximate surface area is 116 Å². The Morgan fingerprint density at radius 2 is 1.80 bits per heavy atom. The molecular weight excluding hydrogens is 250 g/mol. The molecule has 0 spiro atoms. The van der Waals surface area contributed by atoms with Crippen LogP contribution in [0.15, 0.2) is 48.8 Å². The van der Waals surface area contributed by atoms with E-state index < -0.39 is 0 Å². The number of anilines is 1. The van der Waals surface area contributed by atoms with Gasteiger partial charge in [-0.1, -0.05) is 12.1 Å². The fourth-order valence-electron chi connectivity index (χ4n) is 1.84. The predicted octanol–water partition coefficient (Wildman–Crippen LogP) is 2.51. The molecule has 0 bridgehead atoms. The zero-order valence-electron chi connectivity index (χ0n) is 10.6. The van der Waals surface area contributed by atoms with Crippen molar-refractivity contribution < 1.29 is 0 Å². The van der Waals surface area contributed by atoms with Gasteiger partial charge in [0.1, 0.15) is 11.3 Å². The summed E-state index contributed by atoms with van der Waals surface area (Å²) in [6.45, 7) is 0.643. The number of rotatable bonds is 3. The number of fused-ring (bicyclic) bond motifs is 1. The van der Waals surface area contributed by atoms with E-state index in [4.69, 9.17) is 5.26 Å². The van der Waals surface area contributed by atoms with Crippen LogP contribution in [-0.2, 0) is 6.54 Å². The standard InChI is InChI=1S/C15H11N5/c16-9-11-1-3-12(4-2-11)10-19-14-6-5-13-15(20-14)18-8-7-17-13/h1-8H,10H2,(H,18,19,20). The zero-order chi connectivity index (χ0) is 13.8. The average molecular weight is 261 g/mol. The van der Waals surface area contributed by atoms with Crippen LogP contribution in [0.25, 0.3) is 11.2 Å². The van der Waals surface area contributed by atoms with Crippen molar-refractivity contribution in [2.24, 2.45) is 0 Å². The Morgan fingerprint density at radius 1 is 1.00 bits per heavy atom. The third-order valence-electron chi connectivity index (χ3n) is 2.89. The topological polar surface area (TPSA) is 74.5 Å². The number of nitriles is 1.